The van der Waals surface area contributed by atoms with Crippen LogP contribution >= 0.6 is 0 Å². The molecule has 2 rings (SSSR count). The number of halogens is 1. The number of ether oxygens (including phenoxy) is 2. The summed E-state index contributed by atoms with van der Waals surface area (Å²) in [6.07, 6.45) is 1.84. The maximum atomic E-state index is 13.0. The molecule has 130 valence electrons. The van der Waals surface area contributed by atoms with E-state index in [0.717, 1.165) is 36.4 Å². The molecule has 0 amide bonds. The average molecular weight is 331 g/mol. The molecule has 3 nitrogen and oxygen atoms in total. The summed E-state index contributed by atoms with van der Waals surface area (Å²) in [4.78, 5) is 2.32. The fourth-order valence-electron chi connectivity index (χ4n) is 2.68. The third-order valence-electron chi connectivity index (χ3n) is 4.40. The van der Waals surface area contributed by atoms with Crippen LogP contribution in [0.1, 0.15) is 18.1 Å². The standard InChI is InChI=1S/C20H26FNO2/c1-15(13-16-5-8-18(21)9-6-16)22(2)12-11-17-7-10-19(23-3)20(14-17)24-4/h5-10,14-15H,11-13H2,1-4H3. The van der Waals surface area contributed by atoms with Crippen LogP contribution in [0.5, 0.6) is 11.5 Å². The Labute approximate surface area is 144 Å². The van der Waals surface area contributed by atoms with Crippen LogP contribution in [0.4, 0.5) is 4.39 Å². The Morgan fingerprint density at radius 3 is 2.21 bits per heavy atom. The minimum absolute atomic E-state index is 0.187. The first kappa shape index (κ1) is 18.3. The Kier molecular flexibility index (Phi) is 6.62. The summed E-state index contributed by atoms with van der Waals surface area (Å²) in [5.74, 6) is 1.32. The van der Waals surface area contributed by atoms with Gasteiger partial charge in [0.25, 0.3) is 0 Å². The number of likely N-dealkylation sites (N-methyl/N-ethyl adjacent to an activating group) is 1. The summed E-state index contributed by atoms with van der Waals surface area (Å²) in [5.41, 5.74) is 2.37. The number of methoxy groups -OCH3 is 2. The van der Waals surface area contributed by atoms with Crippen LogP contribution in [0.15, 0.2) is 42.5 Å². The smallest absolute Gasteiger partial charge is 0.160 e. The van der Waals surface area contributed by atoms with E-state index in [0.29, 0.717) is 6.04 Å². The molecule has 2 aromatic carbocycles. The van der Waals surface area contributed by atoms with Crippen LogP contribution in [-0.2, 0) is 12.8 Å². The molecule has 0 fully saturated rings. The van der Waals surface area contributed by atoms with Crippen LogP contribution in [0.25, 0.3) is 0 Å². The zero-order valence-electron chi connectivity index (χ0n) is 14.9. The van der Waals surface area contributed by atoms with E-state index in [1.165, 1.54) is 17.7 Å². The summed E-state index contributed by atoms with van der Waals surface area (Å²) >= 11 is 0. The largest absolute Gasteiger partial charge is 0.493 e. The predicted molar refractivity (Wildman–Crippen MR) is 95.4 cm³/mol. The summed E-state index contributed by atoms with van der Waals surface area (Å²) < 4.78 is 23.6. The van der Waals surface area contributed by atoms with Crippen LogP contribution in [0.3, 0.4) is 0 Å². The minimum atomic E-state index is -0.187. The van der Waals surface area contributed by atoms with E-state index in [-0.39, 0.29) is 5.82 Å². The van der Waals surface area contributed by atoms with E-state index in [1.807, 2.05) is 24.3 Å². The predicted octanol–water partition coefficient (Wildman–Crippen LogP) is 3.95. The lowest BCUT2D eigenvalue weighted by atomic mass is 10.1. The van der Waals surface area contributed by atoms with Crippen molar-refractivity contribution in [3.05, 3.63) is 59.4 Å². The molecule has 1 atom stereocenters. The van der Waals surface area contributed by atoms with Gasteiger partial charge in [0.1, 0.15) is 5.82 Å². The van der Waals surface area contributed by atoms with Gasteiger partial charge in [0.2, 0.25) is 0 Å². The van der Waals surface area contributed by atoms with Gasteiger partial charge in [0, 0.05) is 12.6 Å². The lowest BCUT2D eigenvalue weighted by Crippen LogP contribution is -2.32. The minimum Gasteiger partial charge on any atom is -0.493 e. The monoisotopic (exact) mass is 331 g/mol. The van der Waals surface area contributed by atoms with Gasteiger partial charge in [-0.2, -0.15) is 0 Å². The lowest BCUT2D eigenvalue weighted by molar-refractivity contribution is 0.259. The molecule has 0 saturated heterocycles. The molecule has 2 aromatic rings. The molecule has 0 heterocycles. The number of hydrogen-bond donors (Lipinski definition) is 0. The quantitative estimate of drug-likeness (QED) is 0.731. The molecule has 24 heavy (non-hydrogen) atoms. The van der Waals surface area contributed by atoms with Crippen molar-refractivity contribution in [2.75, 3.05) is 27.8 Å². The van der Waals surface area contributed by atoms with E-state index in [2.05, 4.69) is 24.9 Å². The molecule has 0 saturated carbocycles. The van der Waals surface area contributed by atoms with Gasteiger partial charge in [-0.05, 0) is 62.2 Å². The summed E-state index contributed by atoms with van der Waals surface area (Å²) in [6, 6.07) is 13.2. The second-order valence-corrected chi connectivity index (χ2v) is 6.10. The summed E-state index contributed by atoms with van der Waals surface area (Å²) in [6.45, 7) is 3.13. The van der Waals surface area contributed by atoms with Crippen molar-refractivity contribution >= 4 is 0 Å². The molecule has 1 unspecified atom stereocenters. The highest BCUT2D eigenvalue weighted by Gasteiger charge is 2.11. The Morgan fingerprint density at radius 2 is 1.58 bits per heavy atom. The zero-order valence-corrected chi connectivity index (χ0v) is 14.9. The number of hydrogen-bond acceptors (Lipinski definition) is 3. The topological polar surface area (TPSA) is 21.7 Å². The van der Waals surface area contributed by atoms with Gasteiger partial charge < -0.3 is 14.4 Å². The van der Waals surface area contributed by atoms with E-state index < -0.39 is 0 Å². The molecule has 0 aliphatic rings. The van der Waals surface area contributed by atoms with Crippen LogP contribution in [0, 0.1) is 5.82 Å². The molecular formula is C20H26FNO2. The van der Waals surface area contributed by atoms with Crippen molar-refractivity contribution in [2.45, 2.75) is 25.8 Å². The maximum Gasteiger partial charge on any atom is 0.160 e. The Morgan fingerprint density at radius 1 is 0.958 bits per heavy atom. The fraction of sp³-hybridized carbons (Fsp3) is 0.400. The highest BCUT2D eigenvalue weighted by Crippen LogP contribution is 2.27. The van der Waals surface area contributed by atoms with Gasteiger partial charge in [-0.3, -0.25) is 0 Å². The second kappa shape index (κ2) is 8.69. The van der Waals surface area contributed by atoms with E-state index >= 15 is 0 Å². The first-order valence-corrected chi connectivity index (χ1v) is 8.19. The first-order chi connectivity index (χ1) is 11.5. The van der Waals surface area contributed by atoms with Gasteiger partial charge in [0.05, 0.1) is 14.2 Å². The SMILES string of the molecule is COc1ccc(CCN(C)C(C)Cc2ccc(F)cc2)cc1OC. The van der Waals surface area contributed by atoms with Crippen molar-refractivity contribution in [1.29, 1.82) is 0 Å². The van der Waals surface area contributed by atoms with E-state index in [1.54, 1.807) is 14.2 Å². The summed E-state index contributed by atoms with van der Waals surface area (Å²) in [5, 5.41) is 0. The Hall–Kier alpha value is -2.07. The third kappa shape index (κ3) is 4.96. The fourth-order valence-corrected chi connectivity index (χ4v) is 2.68. The Balaban J connectivity index is 1.89. The normalized spacial score (nSPS) is 12.2. The second-order valence-electron chi connectivity index (χ2n) is 6.10. The van der Waals surface area contributed by atoms with Crippen molar-refractivity contribution in [2.24, 2.45) is 0 Å². The first-order valence-electron chi connectivity index (χ1n) is 8.19. The van der Waals surface area contributed by atoms with E-state index in [4.69, 9.17) is 9.47 Å². The van der Waals surface area contributed by atoms with Crippen molar-refractivity contribution in [1.82, 2.24) is 4.90 Å². The van der Waals surface area contributed by atoms with Crippen molar-refractivity contribution < 1.29 is 13.9 Å². The highest BCUT2D eigenvalue weighted by atomic mass is 19.1. The van der Waals surface area contributed by atoms with Crippen molar-refractivity contribution in [3.8, 4) is 11.5 Å². The summed E-state index contributed by atoms with van der Waals surface area (Å²) in [7, 11) is 5.41. The molecule has 0 N–H and O–H groups in total. The molecule has 0 aromatic heterocycles. The van der Waals surface area contributed by atoms with Gasteiger partial charge in [-0.15, -0.1) is 0 Å². The molecule has 0 aliphatic carbocycles. The lowest BCUT2D eigenvalue weighted by Gasteiger charge is -2.25. The number of nitrogens with zero attached hydrogens (tertiary/aromatic N) is 1. The van der Waals surface area contributed by atoms with Gasteiger partial charge >= 0.3 is 0 Å². The van der Waals surface area contributed by atoms with E-state index in [9.17, 15) is 4.39 Å². The number of benzene rings is 2. The maximum absolute atomic E-state index is 13.0. The van der Waals surface area contributed by atoms with Crippen LogP contribution in [-0.4, -0.2) is 38.8 Å². The Bertz CT molecular complexity index is 643. The molecule has 0 spiro atoms. The van der Waals surface area contributed by atoms with Gasteiger partial charge in [-0.1, -0.05) is 18.2 Å². The number of rotatable bonds is 8. The molecule has 0 bridgehead atoms. The molecule has 4 heteroatoms. The van der Waals surface area contributed by atoms with Gasteiger partial charge in [0.15, 0.2) is 11.5 Å². The third-order valence-corrected chi connectivity index (χ3v) is 4.40. The molecular weight excluding hydrogens is 305 g/mol. The molecule has 0 aliphatic heterocycles. The highest BCUT2D eigenvalue weighted by molar-refractivity contribution is 5.42. The zero-order chi connectivity index (χ0) is 17.5. The van der Waals surface area contributed by atoms with Crippen LogP contribution in [0.2, 0.25) is 0 Å². The van der Waals surface area contributed by atoms with Gasteiger partial charge in [-0.25, -0.2) is 4.39 Å². The average Bonchev–Trinajstić information content (AvgIpc) is 2.61. The molecule has 0 radical (unpaired) electrons. The van der Waals surface area contributed by atoms with Crippen molar-refractivity contribution in [3.63, 3.8) is 0 Å². The van der Waals surface area contributed by atoms with Crippen LogP contribution < -0.4 is 9.47 Å².